The number of para-hydroxylation sites is 2. The number of likely N-dealkylation sites (tertiary alicyclic amines) is 1. The van der Waals surface area contributed by atoms with Gasteiger partial charge in [-0.2, -0.15) is 4.98 Å². The van der Waals surface area contributed by atoms with Gasteiger partial charge in [0, 0.05) is 17.1 Å². The van der Waals surface area contributed by atoms with Gasteiger partial charge in [-0.15, -0.1) is 0 Å². The Bertz CT molecular complexity index is 1110. The fourth-order valence-corrected chi connectivity index (χ4v) is 4.12. The topological polar surface area (TPSA) is 56.6 Å². The number of carbonyl (C=O) groups is 1. The van der Waals surface area contributed by atoms with Crippen LogP contribution in [0.15, 0.2) is 42.5 Å². The number of benzene rings is 2. The van der Waals surface area contributed by atoms with Gasteiger partial charge >= 0.3 is 6.09 Å². The first-order valence-corrected chi connectivity index (χ1v) is 11.1. The third kappa shape index (κ3) is 4.83. The number of hydrogen-bond donors (Lipinski definition) is 0. The lowest BCUT2D eigenvalue weighted by Gasteiger charge is -2.28. The number of rotatable bonds is 5. The fraction of sp³-hybridized carbons (Fsp3) is 0.417. The lowest BCUT2D eigenvalue weighted by Crippen LogP contribution is -2.42. The first kappa shape index (κ1) is 22.4. The van der Waals surface area contributed by atoms with Crippen LogP contribution in [-0.2, 0) is 11.3 Å². The van der Waals surface area contributed by atoms with E-state index in [4.69, 9.17) is 21.1 Å². The largest absolute Gasteiger partial charge is 0.462 e. The number of nitrogens with zero attached hydrogens (tertiary/aromatic N) is 3. The molecular formula is C24H27ClFN3O3. The highest BCUT2D eigenvalue weighted by Crippen LogP contribution is 2.28. The number of amides is 1. The van der Waals surface area contributed by atoms with Gasteiger partial charge in [-0.05, 0) is 57.9 Å². The monoisotopic (exact) mass is 459 g/mol. The van der Waals surface area contributed by atoms with Crippen LogP contribution >= 0.6 is 11.6 Å². The Morgan fingerprint density at radius 3 is 2.75 bits per heavy atom. The summed E-state index contributed by atoms with van der Waals surface area (Å²) in [5.41, 5.74) is 1.37. The second kappa shape index (κ2) is 8.98. The summed E-state index contributed by atoms with van der Waals surface area (Å²) < 4.78 is 27.9. The smallest absolute Gasteiger partial charge is 0.410 e. The van der Waals surface area contributed by atoms with E-state index < -0.39 is 5.60 Å². The molecule has 0 N–H and O–H groups in total. The van der Waals surface area contributed by atoms with Gasteiger partial charge in [0.2, 0.25) is 0 Å². The molecule has 3 aromatic rings. The maximum absolute atomic E-state index is 14.5. The van der Waals surface area contributed by atoms with E-state index in [0.29, 0.717) is 23.1 Å². The Kier molecular flexibility index (Phi) is 6.29. The highest BCUT2D eigenvalue weighted by atomic mass is 35.5. The molecule has 170 valence electrons. The van der Waals surface area contributed by atoms with Gasteiger partial charge in [-0.25, -0.2) is 9.18 Å². The molecule has 1 aliphatic rings. The summed E-state index contributed by atoms with van der Waals surface area (Å²) in [7, 11) is 0. The van der Waals surface area contributed by atoms with Gasteiger partial charge in [-0.1, -0.05) is 29.8 Å². The molecule has 0 bridgehead atoms. The third-order valence-corrected chi connectivity index (χ3v) is 5.76. The molecule has 4 rings (SSSR count). The molecule has 2 heterocycles. The van der Waals surface area contributed by atoms with Crippen molar-refractivity contribution in [2.75, 3.05) is 13.2 Å². The zero-order valence-electron chi connectivity index (χ0n) is 18.5. The molecule has 8 heteroatoms. The first-order chi connectivity index (χ1) is 15.2. The summed E-state index contributed by atoms with van der Waals surface area (Å²) in [5, 5.41) is 0.348. The molecule has 2 aromatic carbocycles. The van der Waals surface area contributed by atoms with Gasteiger partial charge in [0.25, 0.3) is 6.01 Å². The second-order valence-corrected chi connectivity index (χ2v) is 9.36. The number of hydrogen-bond acceptors (Lipinski definition) is 4. The minimum atomic E-state index is -0.557. The lowest BCUT2D eigenvalue weighted by atomic mass is 10.2. The van der Waals surface area contributed by atoms with Crippen LogP contribution < -0.4 is 4.74 Å². The SMILES string of the molecule is CC(C)(C)OC(=O)N1CCCC1COc1nc2ccccc2n1Cc1c(F)cccc1Cl. The minimum absolute atomic E-state index is 0.116. The Morgan fingerprint density at radius 2 is 2.00 bits per heavy atom. The zero-order valence-corrected chi connectivity index (χ0v) is 19.2. The molecule has 1 atom stereocenters. The molecular weight excluding hydrogens is 433 g/mol. The fourth-order valence-electron chi connectivity index (χ4n) is 3.90. The highest BCUT2D eigenvalue weighted by Gasteiger charge is 2.33. The van der Waals surface area contributed by atoms with E-state index in [1.807, 2.05) is 49.6 Å². The lowest BCUT2D eigenvalue weighted by molar-refractivity contribution is 0.0183. The molecule has 0 saturated carbocycles. The molecule has 32 heavy (non-hydrogen) atoms. The van der Waals surface area contributed by atoms with Crippen molar-refractivity contribution in [2.45, 2.75) is 51.8 Å². The number of halogens is 2. The van der Waals surface area contributed by atoms with Crippen molar-refractivity contribution in [3.63, 3.8) is 0 Å². The highest BCUT2D eigenvalue weighted by molar-refractivity contribution is 6.31. The van der Waals surface area contributed by atoms with Crippen LogP contribution in [0.25, 0.3) is 11.0 Å². The number of carbonyl (C=O) groups excluding carboxylic acids is 1. The predicted molar refractivity (Wildman–Crippen MR) is 122 cm³/mol. The van der Waals surface area contributed by atoms with Gasteiger partial charge in [0.1, 0.15) is 18.0 Å². The van der Waals surface area contributed by atoms with E-state index in [9.17, 15) is 9.18 Å². The quantitative estimate of drug-likeness (QED) is 0.494. The molecule has 0 aliphatic carbocycles. The van der Waals surface area contributed by atoms with Crippen molar-refractivity contribution in [2.24, 2.45) is 0 Å². The van der Waals surface area contributed by atoms with Gasteiger partial charge in [-0.3, -0.25) is 4.57 Å². The van der Waals surface area contributed by atoms with Crippen molar-refractivity contribution < 1.29 is 18.7 Å². The summed E-state index contributed by atoms with van der Waals surface area (Å²) in [5.74, 6) is -0.381. The normalized spacial score (nSPS) is 16.5. The number of fused-ring (bicyclic) bond motifs is 1. The average molecular weight is 460 g/mol. The Labute approximate surface area is 191 Å². The summed E-state index contributed by atoms with van der Waals surface area (Å²) in [4.78, 5) is 18.9. The Hall–Kier alpha value is -2.80. The summed E-state index contributed by atoms with van der Waals surface area (Å²) >= 11 is 6.26. The van der Waals surface area contributed by atoms with Crippen molar-refractivity contribution in [3.8, 4) is 6.01 Å². The first-order valence-electron chi connectivity index (χ1n) is 10.7. The van der Waals surface area contributed by atoms with Gasteiger partial charge < -0.3 is 14.4 Å². The molecule has 6 nitrogen and oxygen atoms in total. The molecule has 1 saturated heterocycles. The van der Waals surface area contributed by atoms with Crippen LogP contribution in [0.1, 0.15) is 39.2 Å². The maximum Gasteiger partial charge on any atom is 0.410 e. The van der Waals surface area contributed by atoms with E-state index in [0.717, 1.165) is 23.9 Å². The van der Waals surface area contributed by atoms with E-state index in [1.165, 1.54) is 6.07 Å². The van der Waals surface area contributed by atoms with Gasteiger partial charge in [0.15, 0.2) is 0 Å². The van der Waals surface area contributed by atoms with Crippen LogP contribution in [0.5, 0.6) is 6.01 Å². The van der Waals surface area contributed by atoms with E-state index in [-0.39, 0.29) is 31.1 Å². The molecule has 1 amide bonds. The maximum atomic E-state index is 14.5. The van der Waals surface area contributed by atoms with Crippen LogP contribution in [0.3, 0.4) is 0 Å². The summed E-state index contributed by atoms with van der Waals surface area (Å²) in [6.45, 7) is 6.63. The Balaban J connectivity index is 1.57. The van der Waals surface area contributed by atoms with Crippen LogP contribution in [0.2, 0.25) is 5.02 Å². The number of ether oxygens (including phenoxy) is 2. The van der Waals surface area contributed by atoms with Crippen LogP contribution in [0, 0.1) is 5.82 Å². The number of aromatic nitrogens is 2. The second-order valence-electron chi connectivity index (χ2n) is 8.95. The molecule has 1 fully saturated rings. The van der Waals surface area contributed by atoms with E-state index >= 15 is 0 Å². The summed E-state index contributed by atoms with van der Waals surface area (Å²) in [6, 6.07) is 12.5. The summed E-state index contributed by atoms with van der Waals surface area (Å²) in [6.07, 6.45) is 1.36. The Morgan fingerprint density at radius 1 is 1.22 bits per heavy atom. The molecule has 0 spiro atoms. The minimum Gasteiger partial charge on any atom is -0.462 e. The molecule has 1 aliphatic heterocycles. The third-order valence-electron chi connectivity index (χ3n) is 5.41. The predicted octanol–water partition coefficient (Wildman–Crippen LogP) is 5.66. The molecule has 1 aromatic heterocycles. The van der Waals surface area contributed by atoms with Crippen molar-refractivity contribution in [1.82, 2.24) is 14.5 Å². The standard InChI is InChI=1S/C24H27ClFN3O3/c1-24(2,3)32-23(30)28-13-7-8-16(28)15-31-22-27-20-11-4-5-12-21(20)29(22)14-17-18(25)9-6-10-19(17)26/h4-6,9-12,16H,7-8,13-15H2,1-3H3. The van der Waals surface area contributed by atoms with Crippen molar-refractivity contribution >= 4 is 28.7 Å². The van der Waals surface area contributed by atoms with E-state index in [2.05, 4.69) is 4.98 Å². The van der Waals surface area contributed by atoms with E-state index in [1.54, 1.807) is 17.0 Å². The van der Waals surface area contributed by atoms with Crippen LogP contribution in [-0.4, -0.2) is 45.3 Å². The molecule has 0 radical (unpaired) electrons. The van der Waals surface area contributed by atoms with Gasteiger partial charge in [0.05, 0.1) is 23.6 Å². The van der Waals surface area contributed by atoms with Crippen molar-refractivity contribution in [1.29, 1.82) is 0 Å². The van der Waals surface area contributed by atoms with Crippen molar-refractivity contribution in [3.05, 3.63) is 58.9 Å². The molecule has 1 unspecified atom stereocenters. The number of imidazole rings is 1. The average Bonchev–Trinajstić information content (AvgIpc) is 3.32. The zero-order chi connectivity index (χ0) is 22.9. The van der Waals surface area contributed by atoms with Crippen LogP contribution in [0.4, 0.5) is 9.18 Å².